The Hall–Kier alpha value is -2.22. The second kappa shape index (κ2) is 7.35. The number of benzene rings is 1. The third kappa shape index (κ3) is 4.07. The molecule has 1 aromatic rings. The lowest BCUT2D eigenvalue weighted by Gasteiger charge is -2.33. The number of hydrogen-bond donors (Lipinski definition) is 2. The van der Waals surface area contributed by atoms with Crippen molar-refractivity contribution >= 4 is 5.91 Å². The molecule has 0 spiro atoms. The van der Waals surface area contributed by atoms with Gasteiger partial charge in [0.15, 0.2) is 0 Å². The number of rotatable bonds is 6. The van der Waals surface area contributed by atoms with E-state index in [0.29, 0.717) is 30.2 Å². The summed E-state index contributed by atoms with van der Waals surface area (Å²) in [5.74, 6) is -0.307. The molecule has 0 saturated carbocycles. The molecule has 0 aromatic heterocycles. The molecule has 0 radical (unpaired) electrons. The first-order valence-corrected chi connectivity index (χ1v) is 7.94. The van der Waals surface area contributed by atoms with Crippen LogP contribution in [-0.4, -0.2) is 35.0 Å². The monoisotopic (exact) mass is 358 g/mol. The lowest BCUT2D eigenvalue weighted by atomic mass is 10.1. The summed E-state index contributed by atoms with van der Waals surface area (Å²) in [6.07, 6.45) is -2.87. The van der Waals surface area contributed by atoms with E-state index in [1.165, 1.54) is 7.11 Å². The number of amides is 1. The van der Waals surface area contributed by atoms with Crippen LogP contribution in [0.5, 0.6) is 5.75 Å². The Labute approximate surface area is 144 Å². The molecule has 8 heteroatoms. The molecule has 1 heterocycles. The summed E-state index contributed by atoms with van der Waals surface area (Å²) in [6.45, 7) is 1.90. The lowest BCUT2D eigenvalue weighted by molar-refractivity contribution is -0.288. The van der Waals surface area contributed by atoms with Crippen molar-refractivity contribution in [1.82, 2.24) is 10.4 Å². The number of hydrogen-bond acceptors (Lipinski definition) is 4. The minimum absolute atomic E-state index is 0.185. The summed E-state index contributed by atoms with van der Waals surface area (Å²) in [4.78, 5) is 12.4. The van der Waals surface area contributed by atoms with Crippen LogP contribution in [-0.2, 0) is 11.2 Å². The van der Waals surface area contributed by atoms with Crippen LogP contribution in [0.25, 0.3) is 0 Å². The van der Waals surface area contributed by atoms with Gasteiger partial charge in [-0.2, -0.15) is 13.2 Å². The van der Waals surface area contributed by atoms with Crippen molar-refractivity contribution in [1.29, 1.82) is 0 Å². The molecule has 1 aliphatic heterocycles. The Balaban J connectivity index is 2.18. The number of alkyl halides is 3. The van der Waals surface area contributed by atoms with Crippen molar-refractivity contribution in [2.24, 2.45) is 0 Å². The smallest absolute Gasteiger partial charge is 0.442 e. The maximum Gasteiger partial charge on any atom is 0.442 e. The fraction of sp³-hybridized carbons (Fsp3) is 0.471. The highest BCUT2D eigenvalue weighted by atomic mass is 19.4. The van der Waals surface area contributed by atoms with Crippen LogP contribution < -0.4 is 10.2 Å². The average Bonchev–Trinajstić information content (AvgIpc) is 2.91. The van der Waals surface area contributed by atoms with Gasteiger partial charge in [0, 0.05) is 5.70 Å². The van der Waals surface area contributed by atoms with Crippen LogP contribution in [0.4, 0.5) is 13.2 Å². The highest BCUT2D eigenvalue weighted by Gasteiger charge is 2.61. The molecule has 1 aliphatic rings. The molecular formula is C17H21F3N2O3. The number of hydrazine groups is 1. The van der Waals surface area contributed by atoms with Crippen LogP contribution in [0.15, 0.2) is 36.0 Å². The topological polar surface area (TPSA) is 61.8 Å². The van der Waals surface area contributed by atoms with Gasteiger partial charge in [-0.1, -0.05) is 25.5 Å². The first-order chi connectivity index (χ1) is 11.7. The van der Waals surface area contributed by atoms with Crippen molar-refractivity contribution in [2.75, 3.05) is 7.11 Å². The summed E-state index contributed by atoms with van der Waals surface area (Å²) < 4.78 is 45.0. The normalized spacial score (nSPS) is 20.2. The second-order valence-corrected chi connectivity index (χ2v) is 5.86. The van der Waals surface area contributed by atoms with Gasteiger partial charge in [0.2, 0.25) is 5.91 Å². The number of methoxy groups -OCH3 is 1. The summed E-state index contributed by atoms with van der Waals surface area (Å²) in [5.41, 5.74) is -0.234. The molecule has 2 rings (SSSR count). The number of carbonyl (C=O) groups is 1. The number of allylic oxidation sites excluding steroid dienone is 1. The average molecular weight is 358 g/mol. The second-order valence-electron chi connectivity index (χ2n) is 5.86. The summed E-state index contributed by atoms with van der Waals surface area (Å²) in [6, 6.07) is 6.40. The van der Waals surface area contributed by atoms with E-state index in [9.17, 15) is 23.1 Å². The van der Waals surface area contributed by atoms with E-state index < -0.39 is 17.8 Å². The molecule has 138 valence electrons. The molecule has 1 amide bonds. The first-order valence-electron chi connectivity index (χ1n) is 7.94. The van der Waals surface area contributed by atoms with Crippen molar-refractivity contribution in [3.8, 4) is 5.75 Å². The lowest BCUT2D eigenvalue weighted by Crippen LogP contribution is -2.60. The van der Waals surface area contributed by atoms with Crippen LogP contribution >= 0.6 is 0 Å². The highest BCUT2D eigenvalue weighted by Crippen LogP contribution is 2.38. The largest absolute Gasteiger partial charge is 0.497 e. The van der Waals surface area contributed by atoms with Gasteiger partial charge in [-0.25, -0.2) is 5.01 Å². The molecule has 5 nitrogen and oxygen atoms in total. The van der Waals surface area contributed by atoms with Gasteiger partial charge in [0.1, 0.15) is 5.75 Å². The Morgan fingerprint density at radius 1 is 1.32 bits per heavy atom. The third-order valence-corrected chi connectivity index (χ3v) is 3.95. The van der Waals surface area contributed by atoms with Gasteiger partial charge in [-0.3, -0.25) is 10.2 Å². The predicted octanol–water partition coefficient (Wildman–Crippen LogP) is 2.91. The van der Waals surface area contributed by atoms with Crippen molar-refractivity contribution < 1.29 is 27.8 Å². The van der Waals surface area contributed by atoms with Crippen molar-refractivity contribution in [2.45, 2.75) is 44.5 Å². The number of unbranched alkanes of at least 4 members (excludes halogenated alkanes) is 1. The van der Waals surface area contributed by atoms with Crippen molar-refractivity contribution in [3.63, 3.8) is 0 Å². The maximum absolute atomic E-state index is 13.3. The van der Waals surface area contributed by atoms with E-state index in [2.05, 4.69) is 5.43 Å². The number of nitrogens with one attached hydrogen (secondary N) is 1. The van der Waals surface area contributed by atoms with Gasteiger partial charge in [-0.05, 0) is 36.6 Å². The molecule has 25 heavy (non-hydrogen) atoms. The zero-order valence-corrected chi connectivity index (χ0v) is 14.1. The van der Waals surface area contributed by atoms with E-state index in [4.69, 9.17) is 4.74 Å². The predicted molar refractivity (Wildman–Crippen MR) is 85.3 cm³/mol. The van der Waals surface area contributed by atoms with Crippen LogP contribution in [0.3, 0.4) is 0 Å². The highest BCUT2D eigenvalue weighted by molar-refractivity contribution is 5.80. The fourth-order valence-electron chi connectivity index (χ4n) is 2.52. The Kier molecular flexibility index (Phi) is 5.62. The zero-order chi connectivity index (χ0) is 18.7. The van der Waals surface area contributed by atoms with Gasteiger partial charge in [0.05, 0.1) is 13.5 Å². The maximum atomic E-state index is 13.3. The minimum Gasteiger partial charge on any atom is -0.497 e. The molecule has 0 fully saturated rings. The Bertz CT molecular complexity index is 644. The van der Waals surface area contributed by atoms with E-state index in [1.54, 1.807) is 24.3 Å². The van der Waals surface area contributed by atoms with Crippen LogP contribution in [0.2, 0.25) is 0 Å². The number of halogens is 3. The standard InChI is InChI=1S/C17H21F3N2O3/c1-3-4-5-13-11-16(24,17(18,19)20)22(21-13)15(23)10-12-6-8-14(25-2)9-7-12/h6-9,11,21,24H,3-5,10H2,1-2H3/t16-/m0/s1. The molecule has 0 saturated heterocycles. The van der Waals surface area contributed by atoms with E-state index in [0.717, 1.165) is 6.42 Å². The molecule has 1 atom stereocenters. The van der Waals surface area contributed by atoms with E-state index >= 15 is 0 Å². The molecule has 0 unspecified atom stereocenters. The summed E-state index contributed by atoms with van der Waals surface area (Å²) >= 11 is 0. The van der Waals surface area contributed by atoms with E-state index in [-0.39, 0.29) is 17.1 Å². The van der Waals surface area contributed by atoms with Gasteiger partial charge in [-0.15, -0.1) is 0 Å². The third-order valence-electron chi connectivity index (χ3n) is 3.95. The number of nitrogens with zero attached hydrogens (tertiary/aromatic N) is 1. The molecule has 0 aliphatic carbocycles. The zero-order valence-electron chi connectivity index (χ0n) is 14.1. The van der Waals surface area contributed by atoms with E-state index in [1.807, 2.05) is 6.92 Å². The first kappa shape index (κ1) is 19.1. The molecule has 2 N–H and O–H groups in total. The van der Waals surface area contributed by atoms with Crippen LogP contribution in [0, 0.1) is 0 Å². The summed E-state index contributed by atoms with van der Waals surface area (Å²) in [5, 5.41) is 10.4. The van der Waals surface area contributed by atoms with Crippen LogP contribution in [0.1, 0.15) is 31.7 Å². The van der Waals surface area contributed by atoms with Gasteiger partial charge >= 0.3 is 6.18 Å². The summed E-state index contributed by atoms with van der Waals surface area (Å²) in [7, 11) is 1.49. The molecule has 1 aromatic carbocycles. The molecule has 0 bridgehead atoms. The minimum atomic E-state index is -5.01. The Morgan fingerprint density at radius 2 is 1.96 bits per heavy atom. The molecular weight excluding hydrogens is 337 g/mol. The van der Waals surface area contributed by atoms with Gasteiger partial charge < -0.3 is 9.84 Å². The Morgan fingerprint density at radius 3 is 2.48 bits per heavy atom. The number of carbonyl (C=O) groups excluding carboxylic acids is 1. The number of aliphatic hydroxyl groups is 1. The van der Waals surface area contributed by atoms with Gasteiger partial charge in [0.25, 0.3) is 5.72 Å². The quantitative estimate of drug-likeness (QED) is 0.821. The fourth-order valence-corrected chi connectivity index (χ4v) is 2.52. The van der Waals surface area contributed by atoms with Crippen molar-refractivity contribution in [3.05, 3.63) is 41.6 Å². The number of ether oxygens (including phenoxy) is 1. The SMILES string of the molecule is CCCCC1=C[C@](O)(C(F)(F)F)N(C(=O)Cc2ccc(OC)cc2)N1.